The maximum atomic E-state index is 13.5. The lowest BCUT2D eigenvalue weighted by Gasteiger charge is -2.40. The van der Waals surface area contributed by atoms with E-state index in [1.165, 1.54) is 12.1 Å². The van der Waals surface area contributed by atoms with Crippen LogP contribution in [0.5, 0.6) is 0 Å². The van der Waals surface area contributed by atoms with Crippen LogP contribution in [0.2, 0.25) is 0 Å². The molecule has 4 rings (SSSR count). The highest BCUT2D eigenvalue weighted by atomic mass is 19.1. The van der Waals surface area contributed by atoms with E-state index in [1.807, 2.05) is 32.9 Å². The smallest absolute Gasteiger partial charge is 0.410 e. The van der Waals surface area contributed by atoms with Crippen molar-refractivity contribution in [3.05, 3.63) is 35.6 Å². The molecular weight excluding hydrogens is 413 g/mol. The quantitative estimate of drug-likeness (QED) is 0.762. The van der Waals surface area contributed by atoms with Crippen molar-refractivity contribution in [1.82, 2.24) is 20.0 Å². The summed E-state index contributed by atoms with van der Waals surface area (Å²) in [5.74, 6) is 0.646. The van der Waals surface area contributed by atoms with Crippen LogP contribution in [0.3, 0.4) is 0 Å². The van der Waals surface area contributed by atoms with Gasteiger partial charge < -0.3 is 24.6 Å². The van der Waals surface area contributed by atoms with E-state index in [9.17, 15) is 9.18 Å². The largest absolute Gasteiger partial charge is 0.444 e. The van der Waals surface area contributed by atoms with Crippen LogP contribution in [-0.4, -0.2) is 97.4 Å². The number of amides is 1. The molecule has 0 saturated carbocycles. The SMILES string of the molecule is CC(C)(C)OC(=O)N1CCN2C(NCC(c3ccc(F)cc3)N3CCOCC3)=NCC2C1. The number of ether oxygens (including phenoxy) is 2. The summed E-state index contributed by atoms with van der Waals surface area (Å²) in [5.41, 5.74) is 0.577. The number of carbonyl (C=O) groups is 1. The van der Waals surface area contributed by atoms with E-state index in [-0.39, 0.29) is 24.0 Å². The number of benzene rings is 1. The fourth-order valence-corrected chi connectivity index (χ4v) is 4.44. The van der Waals surface area contributed by atoms with Gasteiger partial charge in [0.05, 0.1) is 31.8 Å². The van der Waals surface area contributed by atoms with E-state index in [4.69, 9.17) is 14.5 Å². The summed E-state index contributed by atoms with van der Waals surface area (Å²) in [5, 5.41) is 3.54. The zero-order valence-electron chi connectivity index (χ0n) is 19.2. The molecule has 9 heteroatoms. The predicted octanol–water partition coefficient (Wildman–Crippen LogP) is 2.08. The highest BCUT2D eigenvalue weighted by Gasteiger charge is 2.36. The Morgan fingerprint density at radius 2 is 1.94 bits per heavy atom. The van der Waals surface area contributed by atoms with Gasteiger partial charge in [0.15, 0.2) is 5.96 Å². The predicted molar refractivity (Wildman–Crippen MR) is 120 cm³/mol. The molecule has 0 bridgehead atoms. The van der Waals surface area contributed by atoms with Crippen LogP contribution >= 0.6 is 0 Å². The van der Waals surface area contributed by atoms with Gasteiger partial charge >= 0.3 is 6.09 Å². The molecule has 2 atom stereocenters. The van der Waals surface area contributed by atoms with Crippen molar-refractivity contribution in [3.8, 4) is 0 Å². The number of nitrogens with one attached hydrogen (secondary N) is 1. The summed E-state index contributed by atoms with van der Waals surface area (Å²) in [4.78, 5) is 23.6. The maximum Gasteiger partial charge on any atom is 0.410 e. The Bertz CT molecular complexity index is 820. The van der Waals surface area contributed by atoms with Gasteiger partial charge in [0.1, 0.15) is 11.4 Å². The average molecular weight is 448 g/mol. The third-order valence-corrected chi connectivity index (χ3v) is 6.05. The lowest BCUT2D eigenvalue weighted by molar-refractivity contribution is 0.0129. The highest BCUT2D eigenvalue weighted by Crippen LogP contribution is 2.23. The zero-order chi connectivity index (χ0) is 22.7. The van der Waals surface area contributed by atoms with Crippen molar-refractivity contribution < 1.29 is 18.7 Å². The minimum atomic E-state index is -0.498. The van der Waals surface area contributed by atoms with Crippen molar-refractivity contribution in [2.75, 3.05) is 59.0 Å². The number of hydrogen-bond donors (Lipinski definition) is 1. The lowest BCUT2D eigenvalue weighted by Crippen LogP contribution is -2.58. The van der Waals surface area contributed by atoms with E-state index in [0.717, 1.165) is 24.6 Å². The van der Waals surface area contributed by atoms with Crippen LogP contribution in [0, 0.1) is 5.82 Å². The molecule has 0 spiro atoms. The summed E-state index contributed by atoms with van der Waals surface area (Å²) >= 11 is 0. The molecule has 2 saturated heterocycles. The van der Waals surface area contributed by atoms with Crippen molar-refractivity contribution in [2.45, 2.75) is 38.5 Å². The van der Waals surface area contributed by atoms with Gasteiger partial charge in [-0.2, -0.15) is 0 Å². The van der Waals surface area contributed by atoms with Gasteiger partial charge in [-0.05, 0) is 38.5 Å². The van der Waals surface area contributed by atoms with Gasteiger partial charge in [-0.1, -0.05) is 12.1 Å². The molecular formula is C23H34FN5O3. The Kier molecular flexibility index (Phi) is 6.85. The first-order valence-corrected chi connectivity index (χ1v) is 11.4. The molecule has 1 aromatic carbocycles. The summed E-state index contributed by atoms with van der Waals surface area (Å²) in [6, 6.07) is 7.01. The van der Waals surface area contributed by atoms with E-state index >= 15 is 0 Å². The maximum absolute atomic E-state index is 13.5. The molecule has 0 aromatic heterocycles. The van der Waals surface area contributed by atoms with Crippen LogP contribution in [0.25, 0.3) is 0 Å². The molecule has 32 heavy (non-hydrogen) atoms. The van der Waals surface area contributed by atoms with Gasteiger partial charge in [0.2, 0.25) is 0 Å². The van der Waals surface area contributed by atoms with Crippen LogP contribution in [0.1, 0.15) is 32.4 Å². The van der Waals surface area contributed by atoms with Gasteiger partial charge in [-0.15, -0.1) is 0 Å². The molecule has 0 aliphatic carbocycles. The van der Waals surface area contributed by atoms with E-state index in [1.54, 1.807) is 4.90 Å². The van der Waals surface area contributed by atoms with Gasteiger partial charge in [0.25, 0.3) is 0 Å². The lowest BCUT2D eigenvalue weighted by atomic mass is 10.0. The van der Waals surface area contributed by atoms with Gasteiger partial charge in [-0.25, -0.2) is 9.18 Å². The standard InChI is InChI=1S/C23H34FN5O3/c1-23(2,3)32-22(30)28-8-9-29-19(16-28)14-25-21(29)26-15-20(27-10-12-31-13-11-27)17-4-6-18(24)7-5-17/h4-7,19-20H,8-16H2,1-3H3,(H,25,26). The molecule has 3 aliphatic heterocycles. The Labute approximate surface area is 189 Å². The topological polar surface area (TPSA) is 69.6 Å². The van der Waals surface area contributed by atoms with Crippen LogP contribution < -0.4 is 5.32 Å². The summed E-state index contributed by atoms with van der Waals surface area (Å²) in [7, 11) is 0. The summed E-state index contributed by atoms with van der Waals surface area (Å²) in [6.45, 7) is 12.0. The second-order valence-corrected chi connectivity index (χ2v) is 9.53. The van der Waals surface area contributed by atoms with Crippen molar-refractivity contribution in [3.63, 3.8) is 0 Å². The molecule has 176 valence electrons. The Hall–Kier alpha value is -2.39. The summed E-state index contributed by atoms with van der Waals surface area (Å²) in [6.07, 6.45) is -0.262. The van der Waals surface area contributed by atoms with Crippen molar-refractivity contribution >= 4 is 12.1 Å². The number of piperazine rings is 1. The third-order valence-electron chi connectivity index (χ3n) is 6.05. The number of fused-ring (bicyclic) bond motifs is 1. The first-order valence-electron chi connectivity index (χ1n) is 11.4. The second kappa shape index (κ2) is 9.62. The fourth-order valence-electron chi connectivity index (χ4n) is 4.44. The third kappa shape index (κ3) is 5.50. The van der Waals surface area contributed by atoms with Crippen LogP contribution in [0.15, 0.2) is 29.3 Å². The number of carbonyl (C=O) groups excluding carboxylic acids is 1. The number of guanidine groups is 1. The van der Waals surface area contributed by atoms with Crippen molar-refractivity contribution in [1.29, 1.82) is 0 Å². The molecule has 8 nitrogen and oxygen atoms in total. The molecule has 1 aromatic rings. The monoisotopic (exact) mass is 447 g/mol. The minimum absolute atomic E-state index is 0.101. The molecule has 2 unspecified atom stereocenters. The van der Waals surface area contributed by atoms with Crippen LogP contribution in [-0.2, 0) is 9.47 Å². The normalized spacial score (nSPS) is 22.9. The van der Waals surface area contributed by atoms with Crippen molar-refractivity contribution in [2.24, 2.45) is 4.99 Å². The van der Waals surface area contributed by atoms with E-state index in [2.05, 4.69) is 15.1 Å². The molecule has 0 radical (unpaired) electrons. The molecule has 2 fully saturated rings. The minimum Gasteiger partial charge on any atom is -0.444 e. The fraction of sp³-hybridized carbons (Fsp3) is 0.652. The van der Waals surface area contributed by atoms with E-state index < -0.39 is 5.60 Å². The average Bonchev–Trinajstić information content (AvgIpc) is 3.17. The molecule has 3 aliphatic rings. The number of halogens is 1. The van der Waals surface area contributed by atoms with Gasteiger partial charge in [0, 0.05) is 39.3 Å². The number of aliphatic imine (C=N–C) groups is 1. The number of rotatable bonds is 4. The first kappa shape index (κ1) is 22.8. The second-order valence-electron chi connectivity index (χ2n) is 9.53. The molecule has 3 heterocycles. The van der Waals surface area contributed by atoms with Gasteiger partial charge in [-0.3, -0.25) is 9.89 Å². The Morgan fingerprint density at radius 1 is 1.22 bits per heavy atom. The summed E-state index contributed by atoms with van der Waals surface area (Å²) < 4.78 is 24.5. The number of nitrogens with zero attached hydrogens (tertiary/aromatic N) is 4. The number of morpholine rings is 1. The molecule has 1 N–H and O–H groups in total. The van der Waals surface area contributed by atoms with Crippen LogP contribution in [0.4, 0.5) is 9.18 Å². The zero-order valence-corrected chi connectivity index (χ0v) is 19.2. The number of hydrogen-bond acceptors (Lipinski definition) is 7. The molecule has 1 amide bonds. The highest BCUT2D eigenvalue weighted by molar-refractivity contribution is 5.82. The Balaban J connectivity index is 1.36. The Morgan fingerprint density at radius 3 is 2.62 bits per heavy atom. The first-order chi connectivity index (χ1) is 15.3. The van der Waals surface area contributed by atoms with E-state index in [0.29, 0.717) is 45.9 Å².